The van der Waals surface area contributed by atoms with E-state index in [0.29, 0.717) is 13.0 Å². The molecule has 0 saturated heterocycles. The lowest BCUT2D eigenvalue weighted by Crippen LogP contribution is -2.24. The van der Waals surface area contributed by atoms with Crippen molar-refractivity contribution in [2.24, 2.45) is 0 Å². The Kier molecular flexibility index (Phi) is 3.80. The number of H-pyrrole nitrogens is 1. The van der Waals surface area contributed by atoms with E-state index in [0.717, 1.165) is 22.2 Å². The molecule has 2 N–H and O–H groups in total. The molecular formula is C17H18N2OS. The van der Waals surface area contributed by atoms with E-state index in [2.05, 4.69) is 34.7 Å². The second-order valence-corrected chi connectivity index (χ2v) is 6.26. The maximum Gasteiger partial charge on any atom is 0.224 e. The maximum atomic E-state index is 12.2. The number of carbonyl (C=O) groups excluding carboxylic acids is 1. The monoisotopic (exact) mass is 298 g/mol. The first kappa shape index (κ1) is 13.9. The number of rotatable bonds is 4. The van der Waals surface area contributed by atoms with Gasteiger partial charge >= 0.3 is 0 Å². The molecule has 0 fully saturated rings. The SMILES string of the molecule is Cc1ccsc1CNC(=O)Cc1c(C)[nH]c2ccccc12. The highest BCUT2D eigenvalue weighted by Gasteiger charge is 2.12. The molecule has 3 nitrogen and oxygen atoms in total. The third-order valence-electron chi connectivity index (χ3n) is 3.78. The van der Waals surface area contributed by atoms with Gasteiger partial charge in [-0.1, -0.05) is 18.2 Å². The number of amides is 1. The average molecular weight is 298 g/mol. The van der Waals surface area contributed by atoms with Crippen molar-refractivity contribution in [1.82, 2.24) is 10.3 Å². The van der Waals surface area contributed by atoms with Crippen LogP contribution >= 0.6 is 11.3 Å². The molecule has 3 aromatic rings. The van der Waals surface area contributed by atoms with Gasteiger partial charge in [-0.2, -0.15) is 0 Å². The van der Waals surface area contributed by atoms with Crippen molar-refractivity contribution >= 4 is 28.1 Å². The summed E-state index contributed by atoms with van der Waals surface area (Å²) in [5.41, 5.74) is 4.49. The van der Waals surface area contributed by atoms with E-state index < -0.39 is 0 Å². The van der Waals surface area contributed by atoms with Gasteiger partial charge < -0.3 is 10.3 Å². The molecule has 3 rings (SSSR count). The molecule has 0 saturated carbocycles. The Morgan fingerprint density at radius 3 is 2.81 bits per heavy atom. The van der Waals surface area contributed by atoms with Gasteiger partial charge in [0.05, 0.1) is 13.0 Å². The minimum atomic E-state index is 0.0654. The Balaban J connectivity index is 1.72. The first-order chi connectivity index (χ1) is 10.1. The van der Waals surface area contributed by atoms with Crippen molar-refractivity contribution in [2.45, 2.75) is 26.8 Å². The van der Waals surface area contributed by atoms with Crippen LogP contribution in [0.2, 0.25) is 0 Å². The van der Waals surface area contributed by atoms with Gasteiger partial charge in [0.15, 0.2) is 0 Å². The highest BCUT2D eigenvalue weighted by atomic mass is 32.1. The van der Waals surface area contributed by atoms with Crippen LogP contribution in [0.3, 0.4) is 0 Å². The molecule has 0 atom stereocenters. The Morgan fingerprint density at radius 2 is 2.05 bits per heavy atom. The average Bonchev–Trinajstić information content (AvgIpc) is 3.01. The van der Waals surface area contributed by atoms with Gasteiger partial charge in [-0.05, 0) is 42.5 Å². The summed E-state index contributed by atoms with van der Waals surface area (Å²) in [4.78, 5) is 16.7. The number of carbonyl (C=O) groups is 1. The van der Waals surface area contributed by atoms with Crippen LogP contribution in [0.5, 0.6) is 0 Å². The summed E-state index contributed by atoms with van der Waals surface area (Å²) >= 11 is 1.68. The van der Waals surface area contributed by atoms with Crippen LogP contribution < -0.4 is 5.32 Å². The normalized spacial score (nSPS) is 11.0. The number of aromatic amines is 1. The number of aromatic nitrogens is 1. The van der Waals surface area contributed by atoms with Gasteiger partial charge in [-0.3, -0.25) is 4.79 Å². The topological polar surface area (TPSA) is 44.9 Å². The van der Waals surface area contributed by atoms with Crippen LogP contribution in [-0.2, 0) is 17.8 Å². The number of thiophene rings is 1. The molecule has 0 unspecified atom stereocenters. The lowest BCUT2D eigenvalue weighted by atomic mass is 10.1. The standard InChI is InChI=1S/C17H18N2OS/c1-11-7-8-21-16(11)10-18-17(20)9-14-12(2)19-15-6-4-3-5-13(14)15/h3-8,19H,9-10H2,1-2H3,(H,18,20). The van der Waals surface area contributed by atoms with Gasteiger partial charge in [0, 0.05) is 21.5 Å². The van der Waals surface area contributed by atoms with Gasteiger partial charge in [-0.15, -0.1) is 11.3 Å². The Labute approximate surface area is 128 Å². The molecule has 0 aliphatic carbocycles. The van der Waals surface area contributed by atoms with Gasteiger partial charge in [-0.25, -0.2) is 0 Å². The quantitative estimate of drug-likeness (QED) is 0.758. The summed E-state index contributed by atoms with van der Waals surface area (Å²) in [5, 5.41) is 6.21. The lowest BCUT2D eigenvalue weighted by Gasteiger charge is -2.05. The summed E-state index contributed by atoms with van der Waals surface area (Å²) in [5.74, 6) is 0.0654. The summed E-state index contributed by atoms with van der Waals surface area (Å²) in [7, 11) is 0. The minimum absolute atomic E-state index is 0.0654. The van der Waals surface area contributed by atoms with E-state index in [4.69, 9.17) is 0 Å². The largest absolute Gasteiger partial charge is 0.358 e. The zero-order valence-electron chi connectivity index (χ0n) is 12.2. The third kappa shape index (κ3) is 2.85. The molecule has 0 aliphatic rings. The highest BCUT2D eigenvalue weighted by Crippen LogP contribution is 2.22. The number of para-hydroxylation sites is 1. The molecule has 1 aromatic carbocycles. The lowest BCUT2D eigenvalue weighted by molar-refractivity contribution is -0.120. The van der Waals surface area contributed by atoms with E-state index >= 15 is 0 Å². The van der Waals surface area contributed by atoms with E-state index in [1.165, 1.54) is 10.4 Å². The molecule has 0 aliphatic heterocycles. The number of fused-ring (bicyclic) bond motifs is 1. The number of hydrogen-bond donors (Lipinski definition) is 2. The van der Waals surface area contributed by atoms with Crippen molar-refractivity contribution in [2.75, 3.05) is 0 Å². The molecule has 1 amide bonds. The summed E-state index contributed by atoms with van der Waals surface area (Å²) in [6, 6.07) is 10.2. The zero-order valence-corrected chi connectivity index (χ0v) is 13.0. The van der Waals surface area contributed by atoms with Crippen molar-refractivity contribution in [3.8, 4) is 0 Å². The third-order valence-corrected chi connectivity index (χ3v) is 4.80. The second kappa shape index (κ2) is 5.74. The summed E-state index contributed by atoms with van der Waals surface area (Å²) in [6.45, 7) is 4.71. The molecule has 0 spiro atoms. The predicted molar refractivity (Wildman–Crippen MR) is 87.6 cm³/mol. The fourth-order valence-electron chi connectivity index (χ4n) is 2.55. The number of benzene rings is 1. The number of aryl methyl sites for hydroxylation is 2. The molecule has 108 valence electrons. The van der Waals surface area contributed by atoms with Crippen molar-refractivity contribution < 1.29 is 4.79 Å². The number of nitrogens with one attached hydrogen (secondary N) is 2. The van der Waals surface area contributed by atoms with Gasteiger partial charge in [0.2, 0.25) is 5.91 Å². The Morgan fingerprint density at radius 1 is 1.24 bits per heavy atom. The van der Waals surface area contributed by atoms with E-state index in [1.807, 2.05) is 25.1 Å². The molecule has 0 radical (unpaired) electrons. The Hall–Kier alpha value is -2.07. The summed E-state index contributed by atoms with van der Waals surface area (Å²) < 4.78 is 0. The highest BCUT2D eigenvalue weighted by molar-refractivity contribution is 7.10. The van der Waals surface area contributed by atoms with Crippen LogP contribution in [-0.4, -0.2) is 10.9 Å². The van der Waals surface area contributed by atoms with Crippen LogP contribution in [0, 0.1) is 13.8 Å². The molecule has 0 bridgehead atoms. The van der Waals surface area contributed by atoms with Gasteiger partial charge in [0.1, 0.15) is 0 Å². The van der Waals surface area contributed by atoms with Crippen molar-refractivity contribution in [3.05, 3.63) is 57.4 Å². The fraction of sp³-hybridized carbons (Fsp3) is 0.235. The molecular weight excluding hydrogens is 280 g/mol. The smallest absolute Gasteiger partial charge is 0.224 e. The van der Waals surface area contributed by atoms with E-state index in [1.54, 1.807) is 11.3 Å². The van der Waals surface area contributed by atoms with Gasteiger partial charge in [0.25, 0.3) is 0 Å². The van der Waals surface area contributed by atoms with Crippen LogP contribution in [0.1, 0.15) is 21.7 Å². The molecule has 4 heteroatoms. The minimum Gasteiger partial charge on any atom is -0.358 e. The second-order valence-electron chi connectivity index (χ2n) is 5.25. The first-order valence-electron chi connectivity index (χ1n) is 7.01. The van der Waals surface area contributed by atoms with Crippen LogP contribution in [0.25, 0.3) is 10.9 Å². The zero-order chi connectivity index (χ0) is 14.8. The van der Waals surface area contributed by atoms with E-state index in [-0.39, 0.29) is 5.91 Å². The van der Waals surface area contributed by atoms with Crippen molar-refractivity contribution in [1.29, 1.82) is 0 Å². The fourth-order valence-corrected chi connectivity index (χ4v) is 3.40. The first-order valence-corrected chi connectivity index (χ1v) is 7.89. The van der Waals surface area contributed by atoms with Crippen LogP contribution in [0.15, 0.2) is 35.7 Å². The predicted octanol–water partition coefficient (Wildman–Crippen LogP) is 3.71. The molecule has 21 heavy (non-hydrogen) atoms. The summed E-state index contributed by atoms with van der Waals surface area (Å²) in [6.07, 6.45) is 0.417. The Bertz CT molecular complexity index is 785. The van der Waals surface area contributed by atoms with E-state index in [9.17, 15) is 4.79 Å². The van der Waals surface area contributed by atoms with Crippen molar-refractivity contribution in [3.63, 3.8) is 0 Å². The molecule has 2 aromatic heterocycles. The van der Waals surface area contributed by atoms with Crippen LogP contribution in [0.4, 0.5) is 0 Å². The maximum absolute atomic E-state index is 12.2. The number of hydrogen-bond acceptors (Lipinski definition) is 2. The molecule has 2 heterocycles.